The highest BCUT2D eigenvalue weighted by molar-refractivity contribution is 6.10. The summed E-state index contributed by atoms with van der Waals surface area (Å²) in [6.45, 7) is 2.82. The van der Waals surface area contributed by atoms with Gasteiger partial charge in [-0.05, 0) is 32.8 Å². The fourth-order valence-electron chi connectivity index (χ4n) is 1.82. The normalized spacial score (nSPS) is 27.1. The summed E-state index contributed by atoms with van der Waals surface area (Å²) in [5.74, 6) is -0.342. The van der Waals surface area contributed by atoms with E-state index in [2.05, 4.69) is 0 Å². The molecule has 3 nitrogen and oxygen atoms in total. The lowest BCUT2D eigenvalue weighted by molar-refractivity contribution is -0.134. The van der Waals surface area contributed by atoms with E-state index in [0.717, 1.165) is 6.42 Å². The molecule has 3 heteroatoms. The van der Waals surface area contributed by atoms with E-state index < -0.39 is 5.41 Å². The van der Waals surface area contributed by atoms with Gasteiger partial charge in [-0.2, -0.15) is 0 Å². The first kappa shape index (κ1) is 10.8. The Morgan fingerprint density at radius 3 is 2.36 bits per heavy atom. The fraction of sp³-hybridized carbons (Fsp3) is 0.545. The summed E-state index contributed by atoms with van der Waals surface area (Å²) in [4.78, 5) is 33.7. The standard InChI is InChI=1S/C11H14O3/c1-8(12)5-7-11(9(2)13)6-3-4-10(11)14/h5,7H,3-4,6H2,1-2H3/b7-5+/t11-/m0/s1. The van der Waals surface area contributed by atoms with E-state index in [0.29, 0.717) is 12.8 Å². The van der Waals surface area contributed by atoms with Crippen molar-refractivity contribution in [2.24, 2.45) is 5.41 Å². The first-order chi connectivity index (χ1) is 6.49. The molecule has 1 fully saturated rings. The first-order valence-electron chi connectivity index (χ1n) is 4.73. The largest absolute Gasteiger partial charge is 0.299 e. The van der Waals surface area contributed by atoms with Gasteiger partial charge in [0.1, 0.15) is 17.0 Å². The van der Waals surface area contributed by atoms with Crippen molar-refractivity contribution < 1.29 is 14.4 Å². The topological polar surface area (TPSA) is 51.2 Å². The van der Waals surface area contributed by atoms with Gasteiger partial charge in [-0.15, -0.1) is 0 Å². The van der Waals surface area contributed by atoms with Gasteiger partial charge in [-0.3, -0.25) is 14.4 Å². The van der Waals surface area contributed by atoms with E-state index in [1.165, 1.54) is 26.0 Å². The predicted octanol–water partition coefficient (Wildman–Crippen LogP) is 1.46. The second kappa shape index (κ2) is 3.86. The van der Waals surface area contributed by atoms with Crippen LogP contribution in [0.2, 0.25) is 0 Å². The van der Waals surface area contributed by atoms with Gasteiger partial charge >= 0.3 is 0 Å². The number of ketones is 3. The third-order valence-corrected chi connectivity index (χ3v) is 2.70. The molecular weight excluding hydrogens is 180 g/mol. The highest BCUT2D eigenvalue weighted by atomic mass is 16.2. The SMILES string of the molecule is CC(=O)/C=C/[C@]1(C(C)=O)CCCC1=O. The highest BCUT2D eigenvalue weighted by Crippen LogP contribution is 2.37. The summed E-state index contributed by atoms with van der Waals surface area (Å²) in [7, 11) is 0. The van der Waals surface area contributed by atoms with Gasteiger partial charge in [0.05, 0.1) is 0 Å². The highest BCUT2D eigenvalue weighted by Gasteiger charge is 2.43. The van der Waals surface area contributed by atoms with Gasteiger partial charge in [0, 0.05) is 6.42 Å². The van der Waals surface area contributed by atoms with Crippen molar-refractivity contribution in [3.8, 4) is 0 Å². The van der Waals surface area contributed by atoms with Crippen LogP contribution in [0.25, 0.3) is 0 Å². The van der Waals surface area contributed by atoms with Gasteiger partial charge in [0.2, 0.25) is 0 Å². The zero-order valence-corrected chi connectivity index (χ0v) is 8.50. The molecule has 0 radical (unpaired) electrons. The number of carbonyl (C=O) groups excluding carboxylic acids is 3. The Balaban J connectivity index is 2.99. The fourth-order valence-corrected chi connectivity index (χ4v) is 1.82. The summed E-state index contributed by atoms with van der Waals surface area (Å²) in [5.41, 5.74) is -0.994. The molecule has 0 amide bonds. The summed E-state index contributed by atoms with van der Waals surface area (Å²) in [5, 5.41) is 0. The Bertz CT molecular complexity index is 314. The Kier molecular flexibility index (Phi) is 2.99. The quantitative estimate of drug-likeness (QED) is 0.505. The second-order valence-corrected chi connectivity index (χ2v) is 3.75. The molecule has 0 aliphatic heterocycles. The van der Waals surface area contributed by atoms with Gasteiger partial charge < -0.3 is 0 Å². The van der Waals surface area contributed by atoms with Crippen LogP contribution in [-0.4, -0.2) is 17.3 Å². The number of Topliss-reactive ketones (excluding diaryl/α,β-unsaturated/α-hetero) is 2. The molecule has 1 atom stereocenters. The first-order valence-corrected chi connectivity index (χ1v) is 4.73. The molecule has 14 heavy (non-hydrogen) atoms. The van der Waals surface area contributed by atoms with Crippen LogP contribution < -0.4 is 0 Å². The average Bonchev–Trinajstić information content (AvgIpc) is 2.44. The molecule has 1 aliphatic rings. The van der Waals surface area contributed by atoms with Crippen LogP contribution in [0.15, 0.2) is 12.2 Å². The molecule has 76 valence electrons. The van der Waals surface area contributed by atoms with Crippen molar-refractivity contribution in [3.63, 3.8) is 0 Å². The van der Waals surface area contributed by atoms with Crippen molar-refractivity contribution in [2.45, 2.75) is 33.1 Å². The number of rotatable bonds is 3. The van der Waals surface area contributed by atoms with Gasteiger partial charge in [-0.25, -0.2) is 0 Å². The van der Waals surface area contributed by atoms with Crippen molar-refractivity contribution in [1.29, 1.82) is 0 Å². The predicted molar refractivity (Wildman–Crippen MR) is 51.8 cm³/mol. The number of hydrogen-bond acceptors (Lipinski definition) is 3. The van der Waals surface area contributed by atoms with Crippen LogP contribution in [0.4, 0.5) is 0 Å². The maximum atomic E-state index is 11.6. The van der Waals surface area contributed by atoms with Crippen LogP contribution in [0.1, 0.15) is 33.1 Å². The van der Waals surface area contributed by atoms with E-state index in [4.69, 9.17) is 0 Å². The van der Waals surface area contributed by atoms with E-state index in [1.807, 2.05) is 0 Å². The minimum Gasteiger partial charge on any atom is -0.299 e. The maximum absolute atomic E-state index is 11.6. The molecule has 0 unspecified atom stereocenters. The maximum Gasteiger partial charge on any atom is 0.152 e. The molecule has 0 spiro atoms. The van der Waals surface area contributed by atoms with Crippen LogP contribution >= 0.6 is 0 Å². The summed E-state index contributed by atoms with van der Waals surface area (Å²) in [6, 6.07) is 0. The van der Waals surface area contributed by atoms with E-state index in [-0.39, 0.29) is 17.3 Å². The van der Waals surface area contributed by atoms with E-state index in [9.17, 15) is 14.4 Å². The summed E-state index contributed by atoms with van der Waals surface area (Å²) >= 11 is 0. The molecular formula is C11H14O3. The van der Waals surface area contributed by atoms with Gasteiger partial charge in [0.15, 0.2) is 5.78 Å². The molecule has 0 bridgehead atoms. The van der Waals surface area contributed by atoms with Crippen LogP contribution in [0.3, 0.4) is 0 Å². The lowest BCUT2D eigenvalue weighted by Crippen LogP contribution is -2.31. The minimum absolute atomic E-state index is 0.0532. The van der Waals surface area contributed by atoms with Crippen LogP contribution in [0, 0.1) is 5.41 Å². The molecule has 0 aromatic rings. The minimum atomic E-state index is -0.994. The Morgan fingerprint density at radius 1 is 1.36 bits per heavy atom. The van der Waals surface area contributed by atoms with Crippen molar-refractivity contribution >= 4 is 17.3 Å². The van der Waals surface area contributed by atoms with Gasteiger partial charge in [0.25, 0.3) is 0 Å². The molecule has 0 aromatic carbocycles. The van der Waals surface area contributed by atoms with Crippen molar-refractivity contribution in [1.82, 2.24) is 0 Å². The molecule has 0 N–H and O–H groups in total. The third kappa shape index (κ3) is 1.81. The molecule has 0 heterocycles. The van der Waals surface area contributed by atoms with Gasteiger partial charge in [-0.1, -0.05) is 6.08 Å². The third-order valence-electron chi connectivity index (χ3n) is 2.70. The Labute approximate surface area is 83.2 Å². The zero-order valence-electron chi connectivity index (χ0n) is 8.50. The lowest BCUT2D eigenvalue weighted by atomic mass is 9.81. The molecule has 0 aromatic heterocycles. The smallest absolute Gasteiger partial charge is 0.152 e. The summed E-state index contributed by atoms with van der Waals surface area (Å²) < 4.78 is 0. The molecule has 0 saturated heterocycles. The van der Waals surface area contributed by atoms with Crippen molar-refractivity contribution in [3.05, 3.63) is 12.2 Å². The average molecular weight is 194 g/mol. The summed E-state index contributed by atoms with van der Waals surface area (Å²) in [6.07, 6.45) is 4.53. The molecule has 1 rings (SSSR count). The van der Waals surface area contributed by atoms with E-state index >= 15 is 0 Å². The monoisotopic (exact) mass is 194 g/mol. The lowest BCUT2D eigenvalue weighted by Gasteiger charge is -2.18. The second-order valence-electron chi connectivity index (χ2n) is 3.75. The zero-order chi connectivity index (χ0) is 10.8. The molecule has 1 saturated carbocycles. The Hall–Kier alpha value is -1.25. The number of carbonyl (C=O) groups is 3. The van der Waals surface area contributed by atoms with Crippen molar-refractivity contribution in [2.75, 3.05) is 0 Å². The number of allylic oxidation sites excluding steroid dienone is 2. The van der Waals surface area contributed by atoms with Crippen LogP contribution in [0.5, 0.6) is 0 Å². The van der Waals surface area contributed by atoms with Crippen LogP contribution in [-0.2, 0) is 14.4 Å². The van der Waals surface area contributed by atoms with E-state index in [1.54, 1.807) is 0 Å². The molecule has 1 aliphatic carbocycles. The number of hydrogen-bond donors (Lipinski definition) is 0. The Morgan fingerprint density at radius 2 is 2.00 bits per heavy atom.